The van der Waals surface area contributed by atoms with Gasteiger partial charge in [0, 0.05) is 151 Å². The van der Waals surface area contributed by atoms with Crippen LogP contribution in [0.5, 0.6) is 0 Å². The molecule has 0 radical (unpaired) electrons. The van der Waals surface area contributed by atoms with Crippen molar-refractivity contribution in [3.63, 3.8) is 0 Å². The molecule has 4 rings (SSSR count). The van der Waals surface area contributed by atoms with Gasteiger partial charge in [0.1, 0.15) is 49.5 Å². The van der Waals surface area contributed by atoms with Gasteiger partial charge in [-0.05, 0) is 146 Å². The number of hydrogen-bond donors (Lipinski definition) is 11. The maximum Gasteiger partial charge on any atom is 0.328 e. The largest absolute Gasteiger partial charge is 0.481 e. The molecule has 3 aliphatic rings. The summed E-state index contributed by atoms with van der Waals surface area (Å²) in [6, 6.07) is 5.54. The Hall–Kier alpha value is -8.42. The second-order valence-corrected chi connectivity index (χ2v) is 40.0. The standard InChI is InChI=1S/C59H100N6O15.C28H46N2O9S.C12H22O7.C7H16O4/c1-16-38(7)53(65(12)58(73)51(36(3)4)63-57(72)52(37(5)6)64(10)11)47(75-13)33-46(67)43-26-21-27-44(43)54(77-15)39(8)55(70)62-45(32-41-24-19-18-20-25-41)56(71)60-30-23-31-78-59(74)40(9)61-48(68)28-22-29-49(69)79-35-50(76-14)80-42(17-2)34-66;1-4-21(17-31)39-27(37-3)18-38-26(35)8-6-7-24(33)29-13-14-40-23-15-25(34)30(28(23)36)16-19-9-11-20(12-10-19)22(32)5-2;1-3-9(7-13)19-12(17-2)8-18-11(16)6-4-5-10(14)15;1-3-6(4-8)11-7(5-9)10-2/h18-20,24-25,36-40,42-45,47,50-54,66H,16-17,21-23,26-35H2,1-15H3,(H,60,71)(H,61,68)(H,62,70)(H,63,72);19-21,23,27,31H,4-18H2,1-3H3,(H,29,33);9,12-13H,3-8H2,1-2H3,(H,14,15);6-9H,3-5H2,1-2H3/t38-,39+,40?,42?,43?,44+,45-,47+,50?,51-,52-,53-,54+;;;/m0.../s1. The zero-order valence-corrected chi connectivity index (χ0v) is 93.9. The number of nitrogens with one attached hydrogen (secondary N) is 5. The van der Waals surface area contributed by atoms with E-state index >= 15 is 0 Å². The number of benzene rings is 1. The van der Waals surface area contributed by atoms with E-state index < -0.39 is 144 Å². The minimum atomic E-state index is -0.986. The zero-order valence-electron chi connectivity index (χ0n) is 93.1. The summed E-state index contributed by atoms with van der Waals surface area (Å²) >= 11 is 1.37. The van der Waals surface area contributed by atoms with Gasteiger partial charge in [0.05, 0.1) is 99.5 Å². The van der Waals surface area contributed by atoms with Crippen molar-refractivity contribution in [2.24, 2.45) is 47.3 Å². The number of aliphatic hydroxyl groups excluding tert-OH is 5. The number of hydrogen-bond acceptors (Lipinski definition) is 36. The van der Waals surface area contributed by atoms with Crippen molar-refractivity contribution in [2.45, 2.75) is 354 Å². The molecule has 20 atom stereocenters. The first-order chi connectivity index (χ1) is 71.4. The molecule has 8 amide bonds. The van der Waals surface area contributed by atoms with E-state index in [0.717, 1.165) is 37.7 Å². The molecular formula is C106H184N8O35S. The van der Waals surface area contributed by atoms with Crippen LogP contribution in [0.25, 0.3) is 0 Å². The molecule has 11 N–H and O–H groups in total. The molecule has 43 nitrogen and oxygen atoms in total. The van der Waals surface area contributed by atoms with Gasteiger partial charge in [-0.3, -0.25) is 76.9 Å². The summed E-state index contributed by atoms with van der Waals surface area (Å²) in [7, 11) is 14.1. The number of carboxylic acids is 1. The lowest BCUT2D eigenvalue weighted by Gasteiger charge is -2.40. The van der Waals surface area contributed by atoms with E-state index in [1.54, 1.807) is 26.0 Å². The van der Waals surface area contributed by atoms with Gasteiger partial charge in [0.2, 0.25) is 47.3 Å². The number of imide groups is 1. The highest BCUT2D eigenvalue weighted by Crippen LogP contribution is 2.41. The number of rotatable bonds is 75. The Morgan fingerprint density at radius 2 is 1.01 bits per heavy atom. The van der Waals surface area contributed by atoms with Gasteiger partial charge < -0.3 is 128 Å². The van der Waals surface area contributed by atoms with Gasteiger partial charge in [-0.25, -0.2) is 4.79 Å². The SMILES string of the molecule is CCC(=O)C1CCC(CN2C(=O)CC(SCCNC(=O)CCCC(=O)OCC(OC)OC(CC)CO)C2=O)CC1.CCC(CO)OC(CO)OC.CCC(CO)OC(COC(=O)CCCC(=O)NC(C)C(=O)OCCCNC(=O)[C@H](Cc1ccccc1)NC(=O)[C@H](C)[C@@H](OC)[C@@H]1CCCC1C(=O)C[C@@H](OC)[C@H]([C@@H](C)CC)N(C)C(=O)[C@@H](NC(=O)[C@H](C(C)C)N(C)C)C(C)C)OC.CCC(CO)OC(COC(=O)CCCC(=O)O)OC. The number of likely N-dealkylation sites (tertiary alicyclic amines) is 1. The molecule has 864 valence electrons. The normalized spacial score (nSPS) is 18.9. The highest BCUT2D eigenvalue weighted by Gasteiger charge is 2.47. The number of thioether (sulfide) groups is 1. The maximum atomic E-state index is 14.6. The summed E-state index contributed by atoms with van der Waals surface area (Å²) < 4.78 is 74.2. The van der Waals surface area contributed by atoms with E-state index in [4.69, 9.17) is 86.7 Å². The fourth-order valence-corrected chi connectivity index (χ4v) is 18.5. The van der Waals surface area contributed by atoms with Gasteiger partial charge in [-0.2, -0.15) is 0 Å². The van der Waals surface area contributed by atoms with Crippen LogP contribution < -0.4 is 26.6 Å². The van der Waals surface area contributed by atoms with E-state index in [1.807, 2.05) is 125 Å². The summed E-state index contributed by atoms with van der Waals surface area (Å²) in [5, 5.41) is 67.0. The topological polar surface area (TPSA) is 577 Å². The number of aliphatic carboxylic acids is 1. The van der Waals surface area contributed by atoms with E-state index in [-0.39, 0.29) is 226 Å². The number of ketones is 2. The third-order valence-electron chi connectivity index (χ3n) is 26.6. The van der Waals surface area contributed by atoms with Crippen LogP contribution in [0, 0.1) is 47.3 Å². The third-order valence-corrected chi connectivity index (χ3v) is 27.8. The Balaban J connectivity index is 0.00000130. The fourth-order valence-electron chi connectivity index (χ4n) is 17.4. The number of amides is 8. The molecule has 11 unspecified atom stereocenters. The number of carboxylic acid groups (broad SMARTS) is 1. The molecule has 0 aromatic heterocycles. The van der Waals surface area contributed by atoms with Crippen molar-refractivity contribution in [3.05, 3.63) is 35.9 Å². The lowest BCUT2D eigenvalue weighted by molar-refractivity contribution is -0.194. The average Bonchev–Trinajstić information content (AvgIpc) is 1.65. The van der Waals surface area contributed by atoms with Crippen molar-refractivity contribution in [2.75, 3.05) is 149 Å². The van der Waals surface area contributed by atoms with Crippen molar-refractivity contribution in [1.82, 2.24) is 41.3 Å². The average molecular weight is 2160 g/mol. The third kappa shape index (κ3) is 54.6. The molecular weight excluding hydrogens is 1980 g/mol. The van der Waals surface area contributed by atoms with Crippen molar-refractivity contribution >= 4 is 100 Å². The second kappa shape index (κ2) is 80.4. The van der Waals surface area contributed by atoms with Crippen LogP contribution in [-0.2, 0) is 145 Å². The minimum absolute atomic E-state index is 0.00955. The van der Waals surface area contributed by atoms with Gasteiger partial charge >= 0.3 is 29.8 Å². The lowest BCUT2D eigenvalue weighted by atomic mass is 9.79. The van der Waals surface area contributed by atoms with Gasteiger partial charge in [-0.15, -0.1) is 11.8 Å². The Kier molecular flexibility index (Phi) is 74.8. The summed E-state index contributed by atoms with van der Waals surface area (Å²) in [4.78, 5) is 196. The number of carbonyl (C=O) groups is 15. The molecule has 1 aliphatic heterocycles. The van der Waals surface area contributed by atoms with Gasteiger partial charge in [-0.1, -0.05) is 126 Å². The number of Topliss-reactive ketones (excluding diaryl/α,β-unsaturated/α-hetero) is 2. The molecule has 0 spiro atoms. The summed E-state index contributed by atoms with van der Waals surface area (Å²) in [5.41, 5.74) is 0.810. The predicted octanol–water partition coefficient (Wildman–Crippen LogP) is 6.89. The molecule has 2 aliphatic carbocycles. The fraction of sp³-hybridized carbons (Fsp3) is 0.802. The number of nitrogens with zero attached hydrogens (tertiary/aromatic N) is 3. The highest BCUT2D eigenvalue weighted by molar-refractivity contribution is 8.00. The number of likely N-dealkylation sites (N-methyl/N-ethyl adjacent to an activating group) is 2. The molecule has 1 saturated heterocycles. The van der Waals surface area contributed by atoms with Crippen LogP contribution in [0.15, 0.2) is 30.3 Å². The number of carbonyl (C=O) groups excluding carboxylic acids is 14. The lowest BCUT2D eigenvalue weighted by Crippen LogP contribution is -2.59. The molecule has 3 fully saturated rings. The molecule has 1 aromatic rings. The Morgan fingerprint density at radius 3 is 1.45 bits per heavy atom. The van der Waals surface area contributed by atoms with Gasteiger partial charge in [0.15, 0.2) is 25.2 Å². The van der Waals surface area contributed by atoms with Crippen LogP contribution in [-0.4, -0.2) is 380 Å². The first-order valence-corrected chi connectivity index (χ1v) is 54.1. The number of ether oxygens (including phenoxy) is 14. The molecule has 150 heavy (non-hydrogen) atoms. The Morgan fingerprint density at radius 1 is 0.507 bits per heavy atom. The molecule has 2 saturated carbocycles. The van der Waals surface area contributed by atoms with Crippen LogP contribution >= 0.6 is 11.8 Å². The molecule has 0 bridgehead atoms. The quantitative estimate of drug-likeness (QED) is 0.0104. The highest BCUT2D eigenvalue weighted by atomic mass is 32.2. The van der Waals surface area contributed by atoms with E-state index in [2.05, 4.69) is 26.6 Å². The van der Waals surface area contributed by atoms with Crippen molar-refractivity contribution in [1.29, 1.82) is 0 Å². The van der Waals surface area contributed by atoms with Crippen molar-refractivity contribution < 1.29 is 169 Å². The Labute approximate surface area is 892 Å². The second-order valence-electron chi connectivity index (χ2n) is 38.7. The van der Waals surface area contributed by atoms with Crippen LogP contribution in [0.3, 0.4) is 0 Å². The molecule has 1 heterocycles. The van der Waals surface area contributed by atoms with E-state index in [9.17, 15) is 82.1 Å². The first-order valence-electron chi connectivity index (χ1n) is 53.0. The smallest absolute Gasteiger partial charge is 0.328 e. The first kappa shape index (κ1) is 140. The summed E-state index contributed by atoms with van der Waals surface area (Å²) in [6.07, 6.45) is 4.75. The number of aliphatic hydroxyl groups is 5. The molecule has 1 aromatic carbocycles. The van der Waals surface area contributed by atoms with Crippen LogP contribution in [0.4, 0.5) is 0 Å². The minimum Gasteiger partial charge on any atom is -0.481 e. The summed E-state index contributed by atoms with van der Waals surface area (Å²) in [5.74, 6) is -6.18. The van der Waals surface area contributed by atoms with Crippen molar-refractivity contribution in [3.8, 4) is 0 Å². The molecule has 44 heteroatoms. The van der Waals surface area contributed by atoms with E-state index in [0.29, 0.717) is 82.4 Å². The number of methoxy groups -OCH3 is 6. The van der Waals surface area contributed by atoms with E-state index in [1.165, 1.54) is 59.1 Å². The monoisotopic (exact) mass is 2160 g/mol. The maximum absolute atomic E-state index is 14.6. The summed E-state index contributed by atoms with van der Waals surface area (Å²) in [6.45, 7) is 24.1. The van der Waals surface area contributed by atoms with Crippen LogP contribution in [0.2, 0.25) is 0 Å². The number of esters is 4. The van der Waals surface area contributed by atoms with Crippen LogP contribution in [0.1, 0.15) is 256 Å². The zero-order chi connectivity index (χ0) is 113. The Bertz CT molecular complexity index is 3990. The predicted molar refractivity (Wildman–Crippen MR) is 557 cm³/mol. The van der Waals surface area contributed by atoms with Gasteiger partial charge in [0.25, 0.3) is 0 Å².